The Morgan fingerprint density at radius 1 is 1.25 bits per heavy atom. The third-order valence-corrected chi connectivity index (χ3v) is 5.42. The van der Waals surface area contributed by atoms with Crippen molar-refractivity contribution in [3.05, 3.63) is 54.2 Å². The molecule has 0 fully saturated rings. The number of amides is 2. The topological polar surface area (TPSA) is 112 Å². The summed E-state index contributed by atoms with van der Waals surface area (Å²) in [5.41, 5.74) is 3.65. The van der Waals surface area contributed by atoms with Crippen LogP contribution in [0.3, 0.4) is 0 Å². The molecule has 0 aliphatic carbocycles. The first kappa shape index (κ1) is 21.2. The number of fused-ring (bicyclic) bond motifs is 2. The van der Waals surface area contributed by atoms with E-state index < -0.39 is 11.9 Å². The number of benzene rings is 2. The van der Waals surface area contributed by atoms with Crippen LogP contribution in [0.15, 0.2) is 58.9 Å². The van der Waals surface area contributed by atoms with Gasteiger partial charge in [-0.15, -0.1) is 5.10 Å². The molecule has 0 bridgehead atoms. The van der Waals surface area contributed by atoms with Gasteiger partial charge in [-0.05, 0) is 11.6 Å². The van der Waals surface area contributed by atoms with Gasteiger partial charge in [0.05, 0.1) is 23.1 Å². The third-order valence-electron chi connectivity index (χ3n) is 5.42. The second-order valence-electron chi connectivity index (χ2n) is 7.56. The van der Waals surface area contributed by atoms with Gasteiger partial charge in [0.1, 0.15) is 24.1 Å². The Labute approximate surface area is 185 Å². The Morgan fingerprint density at radius 3 is 2.88 bits per heavy atom. The lowest BCUT2D eigenvalue weighted by molar-refractivity contribution is -0.124. The maximum Gasteiger partial charge on any atom is 0.268 e. The molecule has 9 nitrogen and oxygen atoms in total. The van der Waals surface area contributed by atoms with Gasteiger partial charge in [-0.3, -0.25) is 14.7 Å². The van der Waals surface area contributed by atoms with Crippen molar-refractivity contribution >= 4 is 39.8 Å². The second-order valence-corrected chi connectivity index (χ2v) is 7.56. The molecule has 5 rings (SSSR count). The van der Waals surface area contributed by atoms with Gasteiger partial charge < -0.3 is 15.0 Å². The van der Waals surface area contributed by atoms with Crippen molar-refractivity contribution in [1.82, 2.24) is 15.5 Å². The molecule has 2 amide bonds. The number of carbonyl (C=O) groups is 2. The zero-order valence-corrected chi connectivity index (χ0v) is 16.8. The van der Waals surface area contributed by atoms with Crippen LogP contribution in [-0.4, -0.2) is 53.1 Å². The minimum Gasteiger partial charge on any atom is -0.489 e. The van der Waals surface area contributed by atoms with E-state index in [2.05, 4.69) is 25.7 Å². The van der Waals surface area contributed by atoms with E-state index in [1.54, 1.807) is 19.3 Å². The van der Waals surface area contributed by atoms with Crippen LogP contribution >= 0.6 is 0 Å². The summed E-state index contributed by atoms with van der Waals surface area (Å²) in [5.74, 6) is -0.126. The molecule has 1 atom stereocenters. The highest BCUT2D eigenvalue weighted by Crippen LogP contribution is 2.34. The summed E-state index contributed by atoms with van der Waals surface area (Å²) in [6, 6.07) is 12.7. The van der Waals surface area contributed by atoms with Crippen LogP contribution in [0.4, 0.5) is 5.69 Å². The highest BCUT2D eigenvalue weighted by Gasteiger charge is 2.32. The van der Waals surface area contributed by atoms with Crippen molar-refractivity contribution in [3.63, 3.8) is 0 Å². The maximum atomic E-state index is 13.0. The predicted octanol–water partition coefficient (Wildman–Crippen LogP) is 2.48. The fourth-order valence-electron chi connectivity index (χ4n) is 3.73. The molecule has 3 aromatic rings. The molecule has 2 aliphatic rings. The number of carbonyl (C=O) groups excluding carboxylic acids is 2. The van der Waals surface area contributed by atoms with Crippen LogP contribution in [-0.2, 0) is 16.0 Å². The Balaban J connectivity index is 0.00000245. The molecule has 2 aromatic carbocycles. The fourth-order valence-corrected chi connectivity index (χ4v) is 3.73. The molecular weight excluding hydrogens is 408 g/mol. The van der Waals surface area contributed by atoms with Gasteiger partial charge in [0.2, 0.25) is 0 Å². The van der Waals surface area contributed by atoms with Crippen molar-refractivity contribution in [3.8, 4) is 5.75 Å². The average molecular weight is 432 g/mol. The smallest absolute Gasteiger partial charge is 0.268 e. The standard InChI is InChI=1S/C22H20N6O3.CH4/c1-28-19-8-14-11-23-26-16(14)10-20(19)31-12-18(22(28)30)24-21(29)17-9-15(25-27-17)7-13-5-3-2-4-6-13;/h2-6,8,10-11,18H,7,9,12H2,1H3,(H,23,26)(H,24,29);1H4/t18-;/m0./s1. The number of hydrogen-bond donors (Lipinski definition) is 2. The SMILES string of the molecule is C.CN1C(=O)[C@@H](NC(=O)C2=NN=C(Cc3ccccc3)C2)COc2cc3[nH]ncc3cc21. The van der Waals surface area contributed by atoms with Crippen molar-refractivity contribution in [1.29, 1.82) is 0 Å². The number of hydrogen-bond acceptors (Lipinski definition) is 6. The molecule has 0 saturated heterocycles. The van der Waals surface area contributed by atoms with Gasteiger partial charge >= 0.3 is 0 Å². The molecule has 3 heterocycles. The number of nitrogens with one attached hydrogen (secondary N) is 2. The Morgan fingerprint density at radius 2 is 2.06 bits per heavy atom. The van der Waals surface area contributed by atoms with Gasteiger partial charge in [0, 0.05) is 31.3 Å². The summed E-state index contributed by atoms with van der Waals surface area (Å²) < 4.78 is 5.85. The van der Waals surface area contributed by atoms with E-state index in [-0.39, 0.29) is 19.9 Å². The molecule has 0 spiro atoms. The molecule has 2 aliphatic heterocycles. The summed E-state index contributed by atoms with van der Waals surface area (Å²) in [4.78, 5) is 27.2. The molecule has 0 radical (unpaired) electrons. The summed E-state index contributed by atoms with van der Waals surface area (Å²) in [6.07, 6.45) is 2.67. The van der Waals surface area contributed by atoms with E-state index >= 15 is 0 Å². The Hall–Kier alpha value is -4.01. The van der Waals surface area contributed by atoms with Gasteiger partial charge in [0.15, 0.2) is 0 Å². The number of anilines is 1. The zero-order valence-electron chi connectivity index (χ0n) is 16.8. The molecule has 32 heavy (non-hydrogen) atoms. The Kier molecular flexibility index (Phi) is 5.72. The summed E-state index contributed by atoms with van der Waals surface area (Å²) in [5, 5.41) is 18.7. The summed E-state index contributed by atoms with van der Waals surface area (Å²) in [6.45, 7) is 0.0204. The number of aromatic amines is 1. The van der Waals surface area contributed by atoms with Crippen LogP contribution in [0, 0.1) is 0 Å². The van der Waals surface area contributed by atoms with Gasteiger partial charge in [-0.1, -0.05) is 37.8 Å². The zero-order chi connectivity index (χ0) is 21.4. The molecule has 9 heteroatoms. The van der Waals surface area contributed by atoms with Gasteiger partial charge in [-0.2, -0.15) is 10.2 Å². The quantitative estimate of drug-likeness (QED) is 0.660. The monoisotopic (exact) mass is 432 g/mol. The van der Waals surface area contributed by atoms with E-state index in [1.807, 2.05) is 36.4 Å². The van der Waals surface area contributed by atoms with Crippen LogP contribution in [0.2, 0.25) is 0 Å². The van der Waals surface area contributed by atoms with E-state index in [9.17, 15) is 9.59 Å². The minimum absolute atomic E-state index is 0. The number of nitrogens with zero attached hydrogens (tertiary/aromatic N) is 4. The van der Waals surface area contributed by atoms with Gasteiger partial charge in [-0.25, -0.2) is 0 Å². The van der Waals surface area contributed by atoms with Crippen LogP contribution in [0.1, 0.15) is 19.4 Å². The van der Waals surface area contributed by atoms with Crippen molar-refractivity contribution in [2.45, 2.75) is 26.3 Å². The number of ether oxygens (including phenoxy) is 1. The number of rotatable bonds is 4. The molecular formula is C23H24N6O3. The summed E-state index contributed by atoms with van der Waals surface area (Å²) in [7, 11) is 1.66. The highest BCUT2D eigenvalue weighted by molar-refractivity contribution is 6.43. The summed E-state index contributed by atoms with van der Waals surface area (Å²) >= 11 is 0. The highest BCUT2D eigenvalue weighted by atomic mass is 16.5. The molecule has 0 saturated carbocycles. The van der Waals surface area contributed by atoms with Crippen LogP contribution in [0.25, 0.3) is 10.9 Å². The van der Waals surface area contributed by atoms with Crippen molar-refractivity contribution < 1.29 is 14.3 Å². The van der Waals surface area contributed by atoms with E-state index in [4.69, 9.17) is 4.74 Å². The minimum atomic E-state index is -0.831. The third kappa shape index (κ3) is 3.96. The first-order valence-corrected chi connectivity index (χ1v) is 9.93. The van der Waals surface area contributed by atoms with Crippen LogP contribution < -0.4 is 15.0 Å². The van der Waals surface area contributed by atoms with Crippen LogP contribution in [0.5, 0.6) is 5.75 Å². The first-order valence-electron chi connectivity index (χ1n) is 9.93. The largest absolute Gasteiger partial charge is 0.489 e. The number of H-pyrrole nitrogens is 1. The molecule has 2 N–H and O–H groups in total. The van der Waals surface area contributed by atoms with Crippen molar-refractivity contribution in [2.75, 3.05) is 18.6 Å². The number of aromatic nitrogens is 2. The lowest BCUT2D eigenvalue weighted by Gasteiger charge is -2.20. The van der Waals surface area contributed by atoms with E-state index in [0.29, 0.717) is 30.0 Å². The maximum absolute atomic E-state index is 13.0. The van der Waals surface area contributed by atoms with E-state index in [0.717, 1.165) is 22.2 Å². The lowest BCUT2D eigenvalue weighted by Crippen LogP contribution is -2.51. The lowest BCUT2D eigenvalue weighted by atomic mass is 10.0. The molecule has 1 aromatic heterocycles. The average Bonchev–Trinajstić information content (AvgIpc) is 3.42. The normalized spacial score (nSPS) is 17.6. The van der Waals surface area contributed by atoms with E-state index in [1.165, 1.54) is 4.90 Å². The first-order chi connectivity index (χ1) is 15.1. The van der Waals surface area contributed by atoms with Crippen molar-refractivity contribution in [2.24, 2.45) is 10.2 Å². The molecule has 164 valence electrons. The molecule has 0 unspecified atom stereocenters. The second kappa shape index (κ2) is 8.62. The van der Waals surface area contributed by atoms with Gasteiger partial charge in [0.25, 0.3) is 11.8 Å². The predicted molar refractivity (Wildman–Crippen MR) is 123 cm³/mol. The Bertz CT molecular complexity index is 1230. The number of likely N-dealkylation sites (N-methyl/N-ethyl adjacent to an activating group) is 1. The fraction of sp³-hybridized carbons (Fsp3) is 0.261.